The molecule has 0 aromatic carbocycles. The Labute approximate surface area is 160 Å². The molecule has 1 amide bonds. The van der Waals surface area contributed by atoms with E-state index in [1.54, 1.807) is 0 Å². The number of piperazine rings is 1. The molecule has 1 aliphatic carbocycles. The van der Waals surface area contributed by atoms with Crippen LogP contribution in [0.1, 0.15) is 49.0 Å². The van der Waals surface area contributed by atoms with Crippen LogP contribution in [0.15, 0.2) is 18.3 Å². The fourth-order valence-corrected chi connectivity index (χ4v) is 4.98. The first-order chi connectivity index (χ1) is 13.3. The van der Waals surface area contributed by atoms with E-state index in [2.05, 4.69) is 25.8 Å². The van der Waals surface area contributed by atoms with Gasteiger partial charge in [-0.05, 0) is 37.8 Å². The van der Waals surface area contributed by atoms with Crippen LogP contribution in [0.2, 0.25) is 0 Å². The molecule has 6 nitrogen and oxygen atoms in total. The van der Waals surface area contributed by atoms with E-state index >= 15 is 0 Å². The summed E-state index contributed by atoms with van der Waals surface area (Å²) in [5, 5.41) is 1.08. The molecule has 2 aromatic heterocycles. The highest BCUT2D eigenvalue weighted by Crippen LogP contribution is 2.26. The van der Waals surface area contributed by atoms with Gasteiger partial charge in [0.2, 0.25) is 0 Å². The Morgan fingerprint density at radius 3 is 2.44 bits per heavy atom. The van der Waals surface area contributed by atoms with Crippen molar-refractivity contribution in [1.29, 1.82) is 0 Å². The summed E-state index contributed by atoms with van der Waals surface area (Å²) in [4.78, 5) is 27.6. The zero-order valence-corrected chi connectivity index (χ0v) is 16.0. The number of likely N-dealkylation sites (tertiary alicyclic amines) is 1. The first-order valence-electron chi connectivity index (χ1n) is 10.5. The van der Waals surface area contributed by atoms with Crippen molar-refractivity contribution in [3.05, 3.63) is 24.0 Å². The Kier molecular flexibility index (Phi) is 4.52. The van der Waals surface area contributed by atoms with Crippen LogP contribution >= 0.6 is 0 Å². The SMILES string of the molecule is O=C(c1cc2cc(N3CCN(C4CCCC4)CC3)ncc2[nH]1)N1CCCC1. The molecule has 1 N–H and O–H groups in total. The van der Waals surface area contributed by atoms with Gasteiger partial charge in [0.05, 0.1) is 11.7 Å². The molecule has 0 spiro atoms. The molecule has 4 heterocycles. The molecule has 144 valence electrons. The molecule has 0 bridgehead atoms. The van der Waals surface area contributed by atoms with Gasteiger partial charge in [-0.2, -0.15) is 0 Å². The molecule has 1 saturated carbocycles. The van der Waals surface area contributed by atoms with Crippen LogP contribution in [0.5, 0.6) is 0 Å². The van der Waals surface area contributed by atoms with Crippen molar-refractivity contribution in [1.82, 2.24) is 19.8 Å². The summed E-state index contributed by atoms with van der Waals surface area (Å²) in [6.45, 7) is 6.11. The van der Waals surface area contributed by atoms with Gasteiger partial charge in [-0.15, -0.1) is 0 Å². The summed E-state index contributed by atoms with van der Waals surface area (Å²) in [7, 11) is 0. The second-order valence-electron chi connectivity index (χ2n) is 8.27. The van der Waals surface area contributed by atoms with E-state index in [4.69, 9.17) is 0 Å². The molecule has 2 aromatic rings. The number of anilines is 1. The van der Waals surface area contributed by atoms with Crippen molar-refractivity contribution in [3.8, 4) is 0 Å². The lowest BCUT2D eigenvalue weighted by molar-refractivity contribution is 0.0788. The Morgan fingerprint density at radius 1 is 0.963 bits per heavy atom. The predicted molar refractivity (Wildman–Crippen MR) is 107 cm³/mol. The molecule has 2 saturated heterocycles. The molecule has 27 heavy (non-hydrogen) atoms. The first-order valence-corrected chi connectivity index (χ1v) is 10.5. The van der Waals surface area contributed by atoms with E-state index in [9.17, 15) is 4.79 Å². The topological polar surface area (TPSA) is 55.5 Å². The Morgan fingerprint density at radius 2 is 1.70 bits per heavy atom. The molecular formula is C21H29N5O. The van der Waals surface area contributed by atoms with Crippen molar-refractivity contribution in [2.24, 2.45) is 0 Å². The van der Waals surface area contributed by atoms with E-state index in [-0.39, 0.29) is 5.91 Å². The first kappa shape index (κ1) is 17.0. The largest absolute Gasteiger partial charge is 0.354 e. The number of pyridine rings is 1. The maximum Gasteiger partial charge on any atom is 0.270 e. The Balaban J connectivity index is 1.29. The molecule has 0 atom stereocenters. The quantitative estimate of drug-likeness (QED) is 0.906. The number of rotatable bonds is 3. The van der Waals surface area contributed by atoms with Crippen LogP contribution in [0.3, 0.4) is 0 Å². The molecule has 0 radical (unpaired) electrons. The van der Waals surface area contributed by atoms with Gasteiger partial charge in [0, 0.05) is 50.7 Å². The predicted octanol–water partition coefficient (Wildman–Crippen LogP) is 2.86. The lowest BCUT2D eigenvalue weighted by Gasteiger charge is -2.38. The maximum atomic E-state index is 12.6. The zero-order valence-electron chi connectivity index (χ0n) is 16.0. The summed E-state index contributed by atoms with van der Waals surface area (Å²) in [6, 6.07) is 4.94. The van der Waals surface area contributed by atoms with E-state index < -0.39 is 0 Å². The number of aromatic amines is 1. The lowest BCUT2D eigenvalue weighted by Crippen LogP contribution is -2.49. The third kappa shape index (κ3) is 3.31. The number of H-pyrrole nitrogens is 1. The van der Waals surface area contributed by atoms with Crippen LogP contribution in [0.4, 0.5) is 5.82 Å². The summed E-state index contributed by atoms with van der Waals surface area (Å²) >= 11 is 0. The molecular weight excluding hydrogens is 338 g/mol. The number of nitrogens with one attached hydrogen (secondary N) is 1. The Hall–Kier alpha value is -2.08. The molecule has 3 aliphatic rings. The minimum Gasteiger partial charge on any atom is -0.354 e. The van der Waals surface area contributed by atoms with E-state index in [0.29, 0.717) is 5.69 Å². The highest BCUT2D eigenvalue weighted by atomic mass is 16.2. The number of nitrogens with zero attached hydrogens (tertiary/aromatic N) is 4. The minimum atomic E-state index is 0.121. The van der Waals surface area contributed by atoms with Crippen molar-refractivity contribution in [2.75, 3.05) is 44.2 Å². The standard InChI is InChI=1S/C21H29N5O/c27-21(26-7-3-4-8-26)18-13-16-14-20(22-15-19(16)23-18)25-11-9-24(10-12-25)17-5-1-2-6-17/h13-15,17,23H,1-12H2. The average molecular weight is 367 g/mol. The minimum absolute atomic E-state index is 0.121. The lowest BCUT2D eigenvalue weighted by atomic mass is 10.2. The van der Waals surface area contributed by atoms with Gasteiger partial charge < -0.3 is 14.8 Å². The highest BCUT2D eigenvalue weighted by Gasteiger charge is 2.27. The van der Waals surface area contributed by atoms with Crippen LogP contribution in [-0.4, -0.2) is 71.0 Å². The van der Waals surface area contributed by atoms with Gasteiger partial charge in [-0.1, -0.05) is 12.8 Å². The number of fused-ring (bicyclic) bond motifs is 1. The summed E-state index contributed by atoms with van der Waals surface area (Å²) in [6.07, 6.45) is 9.66. The molecule has 3 fully saturated rings. The number of hydrogen-bond donors (Lipinski definition) is 1. The van der Waals surface area contributed by atoms with Crippen molar-refractivity contribution >= 4 is 22.6 Å². The van der Waals surface area contributed by atoms with Gasteiger partial charge in [0.1, 0.15) is 11.5 Å². The van der Waals surface area contributed by atoms with Gasteiger partial charge >= 0.3 is 0 Å². The summed E-state index contributed by atoms with van der Waals surface area (Å²) < 4.78 is 0. The van der Waals surface area contributed by atoms with Crippen molar-refractivity contribution in [3.63, 3.8) is 0 Å². The average Bonchev–Trinajstić information content (AvgIpc) is 3.48. The molecule has 2 aliphatic heterocycles. The third-order valence-electron chi connectivity index (χ3n) is 6.59. The van der Waals surface area contributed by atoms with Gasteiger partial charge in [-0.3, -0.25) is 9.69 Å². The summed E-state index contributed by atoms with van der Waals surface area (Å²) in [5.74, 6) is 1.16. The monoisotopic (exact) mass is 367 g/mol. The van der Waals surface area contributed by atoms with Crippen LogP contribution < -0.4 is 4.90 Å². The normalized spacial score (nSPS) is 22.2. The fourth-order valence-electron chi connectivity index (χ4n) is 4.98. The Bertz CT molecular complexity index is 811. The molecule has 6 heteroatoms. The third-order valence-corrected chi connectivity index (χ3v) is 6.59. The number of carbonyl (C=O) groups is 1. The number of hydrogen-bond acceptors (Lipinski definition) is 4. The van der Waals surface area contributed by atoms with E-state index in [1.165, 1.54) is 25.7 Å². The smallest absolute Gasteiger partial charge is 0.270 e. The maximum absolute atomic E-state index is 12.6. The fraction of sp³-hybridized carbons (Fsp3) is 0.619. The number of carbonyl (C=O) groups excluding carboxylic acids is 1. The van der Waals surface area contributed by atoms with Crippen LogP contribution in [-0.2, 0) is 0 Å². The van der Waals surface area contributed by atoms with Crippen LogP contribution in [0, 0.1) is 0 Å². The molecule has 0 unspecified atom stereocenters. The van der Waals surface area contributed by atoms with Gasteiger partial charge in [0.25, 0.3) is 5.91 Å². The van der Waals surface area contributed by atoms with Crippen molar-refractivity contribution < 1.29 is 4.79 Å². The second kappa shape index (κ2) is 7.15. The summed E-state index contributed by atoms with van der Waals surface area (Å²) in [5.41, 5.74) is 1.64. The van der Waals surface area contributed by atoms with E-state index in [1.807, 2.05) is 17.2 Å². The van der Waals surface area contributed by atoms with Crippen molar-refractivity contribution in [2.45, 2.75) is 44.6 Å². The van der Waals surface area contributed by atoms with Gasteiger partial charge in [0.15, 0.2) is 0 Å². The zero-order chi connectivity index (χ0) is 18.2. The van der Waals surface area contributed by atoms with E-state index in [0.717, 1.165) is 74.9 Å². The molecule has 5 rings (SSSR count). The van der Waals surface area contributed by atoms with Gasteiger partial charge in [-0.25, -0.2) is 4.98 Å². The second-order valence-corrected chi connectivity index (χ2v) is 8.27. The number of amides is 1. The van der Waals surface area contributed by atoms with Crippen LogP contribution in [0.25, 0.3) is 10.9 Å². The highest BCUT2D eigenvalue weighted by molar-refractivity contribution is 5.98. The number of aromatic nitrogens is 2.